The first-order chi connectivity index (χ1) is 9.31. The van der Waals surface area contributed by atoms with Crippen molar-refractivity contribution in [1.82, 2.24) is 0 Å². The number of hydrogen-bond donors (Lipinski definition) is 0. The molecule has 0 unspecified atom stereocenters. The molecule has 0 heterocycles. The Bertz CT molecular complexity index is 561. The van der Waals surface area contributed by atoms with Crippen LogP contribution >= 0.6 is 0 Å². The molecule has 0 saturated carbocycles. The third-order valence-electron chi connectivity index (χ3n) is 2.42. The predicted octanol–water partition coefficient (Wildman–Crippen LogP) is 3.47. The van der Waals surface area contributed by atoms with Gasteiger partial charge < -0.3 is 9.47 Å². The normalized spacial score (nSPS) is 9.68. The van der Waals surface area contributed by atoms with E-state index in [1.165, 1.54) is 0 Å². The highest BCUT2D eigenvalue weighted by atomic mass is 16.6. The molecule has 0 aliphatic rings. The van der Waals surface area contributed by atoms with E-state index in [-0.39, 0.29) is 0 Å². The molecule has 2 aromatic carbocycles. The molecule has 0 radical (unpaired) electrons. The number of rotatable bonds is 5. The topological polar surface area (TPSA) is 35.5 Å². The van der Waals surface area contributed by atoms with Gasteiger partial charge in [-0.1, -0.05) is 43.0 Å². The van der Waals surface area contributed by atoms with Crippen LogP contribution < -0.4 is 9.47 Å². The molecule has 0 bridgehead atoms. The summed E-state index contributed by atoms with van der Waals surface area (Å²) in [5.74, 6) is 0.514. The summed E-state index contributed by atoms with van der Waals surface area (Å²) < 4.78 is 10.8. The number of carbonyl (C=O) groups is 1. The van der Waals surface area contributed by atoms with Gasteiger partial charge in [-0.3, -0.25) is 0 Å². The van der Waals surface area contributed by atoms with Gasteiger partial charge >= 0.3 is 5.97 Å². The first kappa shape index (κ1) is 12.9. The Morgan fingerprint density at radius 1 is 1.00 bits per heavy atom. The quantitative estimate of drug-likeness (QED) is 0.465. The van der Waals surface area contributed by atoms with Gasteiger partial charge in [0.25, 0.3) is 0 Å². The predicted molar refractivity (Wildman–Crippen MR) is 73.5 cm³/mol. The molecule has 0 amide bonds. The van der Waals surface area contributed by atoms with Gasteiger partial charge in [-0.05, 0) is 24.3 Å². The van der Waals surface area contributed by atoms with E-state index in [1.54, 1.807) is 48.5 Å². The van der Waals surface area contributed by atoms with Crippen molar-refractivity contribution in [3.63, 3.8) is 0 Å². The maximum absolute atomic E-state index is 11.9. The molecule has 0 aliphatic heterocycles. The maximum atomic E-state index is 11.9. The Morgan fingerprint density at radius 2 is 1.63 bits per heavy atom. The lowest BCUT2D eigenvalue weighted by Crippen LogP contribution is -2.09. The summed E-state index contributed by atoms with van der Waals surface area (Å²) in [5.41, 5.74) is 0.501. The zero-order chi connectivity index (χ0) is 13.5. The van der Waals surface area contributed by atoms with Crippen LogP contribution in [0.25, 0.3) is 0 Å². The van der Waals surface area contributed by atoms with E-state index >= 15 is 0 Å². The van der Waals surface area contributed by atoms with Crippen LogP contribution in [0.15, 0.2) is 67.3 Å². The molecule has 2 rings (SSSR count). The molecular weight excluding hydrogens is 240 g/mol. The average Bonchev–Trinajstić information content (AvgIpc) is 2.47. The number of carbonyl (C=O) groups excluding carboxylic acids is 1. The number of esters is 1. The van der Waals surface area contributed by atoms with Crippen molar-refractivity contribution >= 4 is 5.97 Å². The lowest BCUT2D eigenvalue weighted by Gasteiger charge is -2.10. The summed E-state index contributed by atoms with van der Waals surface area (Å²) in [5, 5.41) is 0. The van der Waals surface area contributed by atoms with Crippen LogP contribution in [0.5, 0.6) is 11.5 Å². The van der Waals surface area contributed by atoms with Crippen molar-refractivity contribution in [2.75, 3.05) is 6.61 Å². The van der Waals surface area contributed by atoms with Gasteiger partial charge in [0.05, 0.1) is 5.56 Å². The minimum absolute atomic E-state index is 0.361. The lowest BCUT2D eigenvalue weighted by molar-refractivity contribution is 0.0729. The van der Waals surface area contributed by atoms with Crippen molar-refractivity contribution in [1.29, 1.82) is 0 Å². The molecule has 96 valence electrons. The first-order valence-corrected chi connectivity index (χ1v) is 5.91. The van der Waals surface area contributed by atoms with Gasteiger partial charge in [-0.25, -0.2) is 4.79 Å². The van der Waals surface area contributed by atoms with E-state index in [2.05, 4.69) is 6.58 Å². The van der Waals surface area contributed by atoms with E-state index in [9.17, 15) is 4.79 Å². The molecule has 0 spiro atoms. The smallest absolute Gasteiger partial charge is 0.343 e. The highest BCUT2D eigenvalue weighted by Crippen LogP contribution is 2.27. The average molecular weight is 254 g/mol. The summed E-state index contributed by atoms with van der Waals surface area (Å²) in [6.07, 6.45) is 1.63. The van der Waals surface area contributed by atoms with Gasteiger partial charge in [-0.2, -0.15) is 0 Å². The van der Waals surface area contributed by atoms with Crippen LogP contribution in [0.3, 0.4) is 0 Å². The Balaban J connectivity index is 2.14. The van der Waals surface area contributed by atoms with Gasteiger partial charge in [0.1, 0.15) is 6.61 Å². The van der Waals surface area contributed by atoms with Crippen molar-refractivity contribution in [3.05, 3.63) is 72.8 Å². The van der Waals surface area contributed by atoms with Crippen molar-refractivity contribution < 1.29 is 14.3 Å². The molecule has 19 heavy (non-hydrogen) atoms. The Labute approximate surface area is 112 Å². The molecule has 0 aliphatic carbocycles. The molecule has 3 nitrogen and oxygen atoms in total. The molecule has 2 aromatic rings. The van der Waals surface area contributed by atoms with Gasteiger partial charge in [-0.15, -0.1) is 0 Å². The fraction of sp³-hybridized carbons (Fsp3) is 0.0625. The van der Waals surface area contributed by atoms with Crippen molar-refractivity contribution in [3.8, 4) is 11.5 Å². The second-order valence-corrected chi connectivity index (χ2v) is 3.80. The third-order valence-corrected chi connectivity index (χ3v) is 2.42. The molecule has 0 atom stereocenters. The Kier molecular flexibility index (Phi) is 4.34. The zero-order valence-corrected chi connectivity index (χ0v) is 10.4. The number of benzene rings is 2. The minimum Gasteiger partial charge on any atom is -0.486 e. The lowest BCUT2D eigenvalue weighted by atomic mass is 10.2. The highest BCUT2D eigenvalue weighted by molar-refractivity contribution is 5.91. The second kappa shape index (κ2) is 6.40. The fourth-order valence-corrected chi connectivity index (χ4v) is 1.54. The van der Waals surface area contributed by atoms with Crippen LogP contribution in [0.4, 0.5) is 0 Å². The minimum atomic E-state index is -0.407. The Morgan fingerprint density at radius 3 is 2.32 bits per heavy atom. The second-order valence-electron chi connectivity index (χ2n) is 3.80. The zero-order valence-electron chi connectivity index (χ0n) is 10.4. The number of ether oxygens (including phenoxy) is 2. The van der Waals surface area contributed by atoms with Gasteiger partial charge in [0.2, 0.25) is 0 Å². The third kappa shape index (κ3) is 3.45. The monoisotopic (exact) mass is 254 g/mol. The molecule has 0 N–H and O–H groups in total. The van der Waals surface area contributed by atoms with Crippen LogP contribution in [-0.4, -0.2) is 12.6 Å². The van der Waals surface area contributed by atoms with E-state index in [1.807, 2.05) is 12.1 Å². The van der Waals surface area contributed by atoms with E-state index in [4.69, 9.17) is 9.47 Å². The largest absolute Gasteiger partial charge is 0.486 e. The van der Waals surface area contributed by atoms with Crippen LogP contribution in [-0.2, 0) is 0 Å². The van der Waals surface area contributed by atoms with E-state index < -0.39 is 5.97 Å². The standard InChI is InChI=1S/C16H14O3/c1-2-12-18-14-10-6-7-11-15(14)19-16(17)13-8-4-3-5-9-13/h2-11H,1,12H2. The molecular formula is C16H14O3. The van der Waals surface area contributed by atoms with Crippen LogP contribution in [0, 0.1) is 0 Å². The summed E-state index contributed by atoms with van der Waals surface area (Å²) in [4.78, 5) is 11.9. The van der Waals surface area contributed by atoms with Crippen LogP contribution in [0.1, 0.15) is 10.4 Å². The SMILES string of the molecule is C=CCOc1ccccc1OC(=O)c1ccccc1. The highest BCUT2D eigenvalue weighted by Gasteiger charge is 2.11. The van der Waals surface area contributed by atoms with Crippen molar-refractivity contribution in [2.24, 2.45) is 0 Å². The first-order valence-electron chi connectivity index (χ1n) is 5.91. The van der Waals surface area contributed by atoms with Gasteiger partial charge in [0.15, 0.2) is 11.5 Å². The maximum Gasteiger partial charge on any atom is 0.343 e. The molecule has 0 saturated heterocycles. The van der Waals surface area contributed by atoms with E-state index in [0.717, 1.165) is 0 Å². The Hall–Kier alpha value is -2.55. The summed E-state index contributed by atoms with van der Waals surface area (Å²) in [6.45, 7) is 3.94. The van der Waals surface area contributed by atoms with Crippen LogP contribution in [0.2, 0.25) is 0 Å². The molecule has 3 heteroatoms. The van der Waals surface area contributed by atoms with E-state index in [0.29, 0.717) is 23.7 Å². The summed E-state index contributed by atoms with van der Waals surface area (Å²) >= 11 is 0. The van der Waals surface area contributed by atoms with Crippen molar-refractivity contribution in [2.45, 2.75) is 0 Å². The number of hydrogen-bond acceptors (Lipinski definition) is 3. The summed E-state index contributed by atoms with van der Waals surface area (Å²) in [6, 6.07) is 15.9. The number of para-hydroxylation sites is 2. The summed E-state index contributed by atoms with van der Waals surface area (Å²) in [7, 11) is 0. The molecule has 0 aromatic heterocycles. The van der Waals surface area contributed by atoms with Gasteiger partial charge in [0, 0.05) is 0 Å². The molecule has 0 fully saturated rings. The fourth-order valence-electron chi connectivity index (χ4n) is 1.54.